The Labute approximate surface area is 154 Å². The van der Waals surface area contributed by atoms with Crippen molar-refractivity contribution in [3.8, 4) is 0 Å². The molecule has 1 aliphatic rings. The van der Waals surface area contributed by atoms with Gasteiger partial charge in [0.2, 0.25) is 0 Å². The molecule has 0 saturated heterocycles. The molecule has 5 heteroatoms. The van der Waals surface area contributed by atoms with Gasteiger partial charge in [0.25, 0.3) is 0 Å². The van der Waals surface area contributed by atoms with E-state index in [0.717, 1.165) is 18.3 Å². The molecule has 1 fully saturated rings. The van der Waals surface area contributed by atoms with Gasteiger partial charge in [-0.05, 0) is 59.2 Å². The first kappa shape index (κ1) is 22.4. The molecule has 24 heavy (non-hydrogen) atoms. The molecule has 1 saturated carbocycles. The minimum atomic E-state index is -1.93. The molecule has 0 heterocycles. The Morgan fingerprint density at radius 1 is 1.08 bits per heavy atom. The molecule has 1 aliphatic carbocycles. The van der Waals surface area contributed by atoms with Gasteiger partial charge < -0.3 is 8.85 Å². The summed E-state index contributed by atoms with van der Waals surface area (Å²) < 4.78 is 12.0. The number of hydrogen-bond acceptors (Lipinski definition) is 3. The van der Waals surface area contributed by atoms with Crippen LogP contribution in [0.25, 0.3) is 0 Å². The first-order valence-electron chi connectivity index (χ1n) is 10.1. The average Bonchev–Trinajstić information content (AvgIpc) is 2.52. The molecule has 0 amide bonds. The van der Waals surface area contributed by atoms with Crippen LogP contribution < -0.4 is 0 Å². The molecular weight excluding hydrogens is 330 g/mol. The Hall–Kier alpha value is 0.314. The largest absolute Gasteiger partial charge is 0.398 e. The fraction of sp³-hybridized carbons (Fsp3) is 1.00. The zero-order chi connectivity index (χ0) is 18.2. The maximum Gasteiger partial charge on any atom is 0.334 e. The minimum absolute atomic E-state index is 0.281. The van der Waals surface area contributed by atoms with Crippen LogP contribution in [0.4, 0.5) is 0 Å². The smallest absolute Gasteiger partial charge is 0.334 e. The van der Waals surface area contributed by atoms with Crippen molar-refractivity contribution >= 4 is 17.4 Å². The molecule has 0 bridgehead atoms. The molecule has 1 rings (SSSR count). The second-order valence-electron chi connectivity index (χ2n) is 9.16. The molecule has 0 aliphatic heterocycles. The van der Waals surface area contributed by atoms with Gasteiger partial charge in [0.05, 0.1) is 8.80 Å². The molecule has 0 N–H and O–H groups in total. The second-order valence-corrected chi connectivity index (χ2v) is 15.7. The lowest BCUT2D eigenvalue weighted by molar-refractivity contribution is 0.0587. The van der Waals surface area contributed by atoms with Gasteiger partial charge >= 0.3 is 8.56 Å². The van der Waals surface area contributed by atoms with Crippen LogP contribution in [0.2, 0.25) is 25.7 Å². The molecule has 1 atom stereocenters. The minimum Gasteiger partial charge on any atom is -0.398 e. The predicted octanol–water partition coefficient (Wildman–Crippen LogP) is 4.96. The number of rotatable bonds is 10. The van der Waals surface area contributed by atoms with Crippen LogP contribution in [-0.4, -0.2) is 53.7 Å². The summed E-state index contributed by atoms with van der Waals surface area (Å²) in [7, 11) is -0.742. The molecule has 0 aromatic rings. The van der Waals surface area contributed by atoms with Gasteiger partial charge in [0, 0.05) is 24.9 Å². The van der Waals surface area contributed by atoms with Crippen molar-refractivity contribution < 1.29 is 8.85 Å². The van der Waals surface area contributed by atoms with Crippen molar-refractivity contribution in [1.82, 2.24) is 4.90 Å². The summed E-state index contributed by atoms with van der Waals surface area (Å²) in [5, 5.41) is 0. The zero-order valence-corrected chi connectivity index (χ0v) is 19.6. The Kier molecular flexibility index (Phi) is 9.74. The van der Waals surface area contributed by atoms with E-state index in [-0.39, 0.29) is 5.54 Å². The Morgan fingerprint density at radius 3 is 2.21 bits per heavy atom. The van der Waals surface area contributed by atoms with Crippen molar-refractivity contribution in [2.75, 3.05) is 19.9 Å². The average molecular weight is 374 g/mol. The van der Waals surface area contributed by atoms with Crippen LogP contribution >= 0.6 is 0 Å². The lowest BCUT2D eigenvalue weighted by atomic mass is 9.90. The van der Waals surface area contributed by atoms with Crippen LogP contribution in [0.15, 0.2) is 0 Å². The fourth-order valence-corrected chi connectivity index (χ4v) is 7.86. The van der Waals surface area contributed by atoms with Crippen molar-refractivity contribution in [2.45, 2.75) is 103 Å². The first-order chi connectivity index (χ1) is 11.2. The summed E-state index contributed by atoms with van der Waals surface area (Å²) in [6.07, 6.45) is 10.5. The summed E-state index contributed by atoms with van der Waals surface area (Å²) in [6, 6.07) is 1.93. The van der Waals surface area contributed by atoms with E-state index in [2.05, 4.69) is 45.3 Å². The zero-order valence-electron chi connectivity index (χ0n) is 17.5. The van der Waals surface area contributed by atoms with Crippen LogP contribution in [0.5, 0.6) is 0 Å². The summed E-state index contributed by atoms with van der Waals surface area (Å²) in [5.41, 5.74) is 0.281. The van der Waals surface area contributed by atoms with Gasteiger partial charge in [-0.1, -0.05) is 38.8 Å². The lowest BCUT2D eigenvalue weighted by Crippen LogP contribution is -2.49. The fourth-order valence-electron chi connectivity index (χ4n) is 3.76. The molecule has 144 valence electrons. The highest BCUT2D eigenvalue weighted by Crippen LogP contribution is 2.29. The monoisotopic (exact) mass is 373 g/mol. The summed E-state index contributed by atoms with van der Waals surface area (Å²) in [6.45, 7) is 15.3. The Balaban J connectivity index is 2.43. The molecule has 1 unspecified atom stereocenters. The predicted molar refractivity (Wildman–Crippen MR) is 111 cm³/mol. The Bertz CT molecular complexity index is 341. The van der Waals surface area contributed by atoms with Crippen molar-refractivity contribution in [2.24, 2.45) is 0 Å². The summed E-state index contributed by atoms with van der Waals surface area (Å²) in [5.74, 6) is 0. The van der Waals surface area contributed by atoms with Crippen LogP contribution in [0, 0.1) is 0 Å². The van der Waals surface area contributed by atoms with Crippen molar-refractivity contribution in [3.05, 3.63) is 0 Å². The standard InChI is InChI=1S/C19H43NO2Si2/c1-19(2,3)20(18-13-9-8-10-14-18)15-11-12-16-24(7,21-4)22-17-23(5)6/h18,23H,8-17H2,1-7H3. The van der Waals surface area contributed by atoms with Crippen LogP contribution in [-0.2, 0) is 8.85 Å². The third kappa shape index (κ3) is 8.13. The normalized spacial score (nSPS) is 19.9. The molecule has 0 aromatic carbocycles. The molecular formula is C19H43NO2Si2. The number of unbranched alkanes of at least 4 members (excludes halogenated alkanes) is 1. The van der Waals surface area contributed by atoms with Crippen molar-refractivity contribution in [3.63, 3.8) is 0 Å². The first-order valence-corrected chi connectivity index (χ1v) is 15.8. The molecule has 0 aromatic heterocycles. The SMILES string of the molecule is CO[Si](C)(CCCCN(C1CCCCC1)C(C)(C)C)OC[SiH](C)C. The number of nitrogens with zero attached hydrogens (tertiary/aromatic N) is 1. The van der Waals surface area contributed by atoms with E-state index in [1.807, 2.05) is 7.11 Å². The van der Waals surface area contributed by atoms with Crippen LogP contribution in [0.3, 0.4) is 0 Å². The van der Waals surface area contributed by atoms with Gasteiger partial charge in [-0.3, -0.25) is 4.90 Å². The van der Waals surface area contributed by atoms with E-state index in [4.69, 9.17) is 8.85 Å². The topological polar surface area (TPSA) is 21.7 Å². The van der Waals surface area contributed by atoms with Gasteiger partial charge in [0.1, 0.15) is 0 Å². The summed E-state index contributed by atoms with van der Waals surface area (Å²) >= 11 is 0. The molecule has 3 nitrogen and oxygen atoms in total. The van der Waals surface area contributed by atoms with Gasteiger partial charge in [0.15, 0.2) is 0 Å². The van der Waals surface area contributed by atoms with Crippen molar-refractivity contribution in [1.29, 1.82) is 0 Å². The quantitative estimate of drug-likeness (QED) is 0.399. The van der Waals surface area contributed by atoms with E-state index < -0.39 is 17.4 Å². The highest BCUT2D eigenvalue weighted by molar-refractivity contribution is 6.67. The third-order valence-corrected chi connectivity index (χ3v) is 9.38. The number of hydrogen-bond donors (Lipinski definition) is 0. The van der Waals surface area contributed by atoms with Gasteiger partial charge in [-0.2, -0.15) is 0 Å². The Morgan fingerprint density at radius 2 is 1.71 bits per heavy atom. The highest BCUT2D eigenvalue weighted by atomic mass is 28.4. The molecule has 0 radical (unpaired) electrons. The third-order valence-electron chi connectivity index (χ3n) is 5.31. The van der Waals surface area contributed by atoms with E-state index in [9.17, 15) is 0 Å². The summed E-state index contributed by atoms with van der Waals surface area (Å²) in [4.78, 5) is 2.78. The van der Waals surface area contributed by atoms with E-state index in [1.54, 1.807) is 0 Å². The van der Waals surface area contributed by atoms with Gasteiger partial charge in [-0.15, -0.1) is 0 Å². The van der Waals surface area contributed by atoms with E-state index >= 15 is 0 Å². The maximum absolute atomic E-state index is 6.20. The second kappa shape index (κ2) is 10.5. The molecule has 0 spiro atoms. The van der Waals surface area contributed by atoms with Crippen LogP contribution in [0.1, 0.15) is 65.7 Å². The van der Waals surface area contributed by atoms with E-state index in [1.165, 1.54) is 51.5 Å². The highest BCUT2D eigenvalue weighted by Gasteiger charge is 2.32. The maximum atomic E-state index is 6.20. The lowest BCUT2D eigenvalue weighted by Gasteiger charge is -2.43. The van der Waals surface area contributed by atoms with E-state index in [0.29, 0.717) is 0 Å². The van der Waals surface area contributed by atoms with Gasteiger partial charge in [-0.25, -0.2) is 0 Å².